The molecule has 3 heterocycles. The maximum Gasteiger partial charge on any atom is 0.157 e. The molecule has 5 heteroatoms. The molecular formula is C12H10ClN3S. The number of aryl methyl sites for hydroxylation is 1. The fraction of sp³-hybridized carbons (Fsp3) is 0.167. The molecule has 0 radical (unpaired) electrons. The molecule has 3 nitrogen and oxygen atoms in total. The number of fused-ring (bicyclic) bond motifs is 1. The molecule has 0 N–H and O–H groups in total. The lowest BCUT2D eigenvalue weighted by atomic mass is 10.3. The van der Waals surface area contributed by atoms with Gasteiger partial charge in [-0.25, -0.2) is 9.50 Å². The van der Waals surface area contributed by atoms with Gasteiger partial charge in [0.1, 0.15) is 10.8 Å². The Morgan fingerprint density at radius 1 is 1.35 bits per heavy atom. The fourth-order valence-corrected chi connectivity index (χ4v) is 2.65. The number of thiophene rings is 1. The summed E-state index contributed by atoms with van der Waals surface area (Å²) < 4.78 is 1.69. The smallest absolute Gasteiger partial charge is 0.157 e. The maximum atomic E-state index is 6.27. The minimum absolute atomic E-state index is 0.635. The topological polar surface area (TPSA) is 30.2 Å². The molecule has 0 aromatic carbocycles. The van der Waals surface area contributed by atoms with Crippen LogP contribution in [-0.4, -0.2) is 14.6 Å². The summed E-state index contributed by atoms with van der Waals surface area (Å²) in [4.78, 5) is 5.61. The van der Waals surface area contributed by atoms with Crippen molar-refractivity contribution in [3.05, 3.63) is 40.0 Å². The van der Waals surface area contributed by atoms with Crippen LogP contribution in [-0.2, 0) is 0 Å². The number of hydrogen-bond acceptors (Lipinski definition) is 3. The molecule has 0 saturated carbocycles. The Morgan fingerprint density at radius 2 is 2.18 bits per heavy atom. The van der Waals surface area contributed by atoms with E-state index < -0.39 is 0 Å². The van der Waals surface area contributed by atoms with Crippen molar-refractivity contribution in [1.29, 1.82) is 0 Å². The standard InChI is InChI=1S/C12H10ClN3S/c1-7-8(2)14-11-6-9(10-4-3-5-17-10)15-16(11)12(7)13/h3-6H,1-2H3. The third-order valence-electron chi connectivity index (χ3n) is 2.78. The van der Waals surface area contributed by atoms with E-state index in [0.717, 1.165) is 27.5 Å². The van der Waals surface area contributed by atoms with Crippen LogP contribution in [0.2, 0.25) is 5.15 Å². The van der Waals surface area contributed by atoms with Crippen molar-refractivity contribution in [2.75, 3.05) is 0 Å². The van der Waals surface area contributed by atoms with E-state index in [0.29, 0.717) is 5.15 Å². The average molecular weight is 264 g/mol. The van der Waals surface area contributed by atoms with Gasteiger partial charge in [-0.1, -0.05) is 17.7 Å². The van der Waals surface area contributed by atoms with Gasteiger partial charge >= 0.3 is 0 Å². The molecule has 0 amide bonds. The molecule has 3 rings (SSSR count). The molecule has 17 heavy (non-hydrogen) atoms. The van der Waals surface area contributed by atoms with Crippen molar-refractivity contribution < 1.29 is 0 Å². The Kier molecular flexibility index (Phi) is 2.42. The summed E-state index contributed by atoms with van der Waals surface area (Å²) in [6.45, 7) is 3.91. The second-order valence-electron chi connectivity index (χ2n) is 3.89. The Labute approximate surface area is 108 Å². The van der Waals surface area contributed by atoms with Crippen molar-refractivity contribution in [2.24, 2.45) is 0 Å². The van der Waals surface area contributed by atoms with E-state index in [4.69, 9.17) is 11.6 Å². The largest absolute Gasteiger partial charge is 0.233 e. The zero-order chi connectivity index (χ0) is 12.0. The molecule has 0 atom stereocenters. The molecule has 3 aromatic rings. The predicted molar refractivity (Wildman–Crippen MR) is 70.8 cm³/mol. The molecule has 0 fully saturated rings. The van der Waals surface area contributed by atoms with Crippen molar-refractivity contribution in [2.45, 2.75) is 13.8 Å². The highest BCUT2D eigenvalue weighted by Gasteiger charge is 2.11. The third-order valence-corrected chi connectivity index (χ3v) is 4.12. The second-order valence-corrected chi connectivity index (χ2v) is 5.20. The first-order valence-corrected chi connectivity index (χ1v) is 6.49. The normalized spacial score (nSPS) is 11.2. The lowest BCUT2D eigenvalue weighted by Crippen LogP contribution is -1.98. The van der Waals surface area contributed by atoms with Gasteiger partial charge in [0, 0.05) is 17.3 Å². The number of nitrogens with zero attached hydrogens (tertiary/aromatic N) is 3. The summed E-state index contributed by atoms with van der Waals surface area (Å²) in [7, 11) is 0. The quantitative estimate of drug-likeness (QED) is 0.626. The molecule has 0 aliphatic rings. The van der Waals surface area contributed by atoms with Gasteiger partial charge in [0.05, 0.1) is 4.88 Å². The number of hydrogen-bond donors (Lipinski definition) is 0. The molecule has 0 aliphatic heterocycles. The average Bonchev–Trinajstić information content (AvgIpc) is 2.93. The van der Waals surface area contributed by atoms with Crippen LogP contribution in [0.15, 0.2) is 23.6 Å². The SMILES string of the molecule is Cc1nc2cc(-c3cccs3)nn2c(Cl)c1C. The van der Waals surface area contributed by atoms with Crippen LogP contribution < -0.4 is 0 Å². The number of halogens is 1. The fourth-order valence-electron chi connectivity index (χ4n) is 1.70. The Morgan fingerprint density at radius 3 is 2.88 bits per heavy atom. The van der Waals surface area contributed by atoms with E-state index in [1.54, 1.807) is 15.9 Å². The van der Waals surface area contributed by atoms with E-state index in [9.17, 15) is 0 Å². The Balaban J connectivity index is 2.30. The molecule has 0 unspecified atom stereocenters. The first-order valence-electron chi connectivity index (χ1n) is 5.23. The van der Waals surface area contributed by atoms with E-state index in [1.165, 1.54) is 0 Å². The highest BCUT2D eigenvalue weighted by atomic mass is 35.5. The summed E-state index contributed by atoms with van der Waals surface area (Å²) in [5.74, 6) is 0. The molecule has 0 bridgehead atoms. The van der Waals surface area contributed by atoms with Gasteiger partial charge in [-0.2, -0.15) is 5.10 Å². The molecule has 0 aliphatic carbocycles. The number of aromatic nitrogens is 3. The Bertz CT molecular complexity index is 685. The van der Waals surface area contributed by atoms with Crippen LogP contribution in [0.4, 0.5) is 0 Å². The first kappa shape index (κ1) is 10.7. The minimum atomic E-state index is 0.635. The van der Waals surface area contributed by atoms with E-state index in [2.05, 4.69) is 10.1 Å². The van der Waals surface area contributed by atoms with Crippen molar-refractivity contribution in [1.82, 2.24) is 14.6 Å². The minimum Gasteiger partial charge on any atom is -0.233 e. The molecule has 86 valence electrons. The summed E-state index contributed by atoms with van der Waals surface area (Å²) in [5.41, 5.74) is 3.63. The highest BCUT2D eigenvalue weighted by molar-refractivity contribution is 7.13. The van der Waals surface area contributed by atoms with Crippen molar-refractivity contribution in [3.63, 3.8) is 0 Å². The zero-order valence-corrected chi connectivity index (χ0v) is 11.0. The van der Waals surface area contributed by atoms with Gasteiger partial charge in [0.25, 0.3) is 0 Å². The molecule has 0 saturated heterocycles. The highest BCUT2D eigenvalue weighted by Crippen LogP contribution is 2.26. The lowest BCUT2D eigenvalue weighted by Gasteiger charge is -2.03. The summed E-state index contributed by atoms with van der Waals surface area (Å²) in [6, 6.07) is 6.01. The zero-order valence-electron chi connectivity index (χ0n) is 9.44. The van der Waals surface area contributed by atoms with Crippen molar-refractivity contribution >= 4 is 28.6 Å². The van der Waals surface area contributed by atoms with Crippen molar-refractivity contribution in [3.8, 4) is 10.6 Å². The third kappa shape index (κ3) is 1.64. The van der Waals surface area contributed by atoms with Crippen LogP contribution in [0.25, 0.3) is 16.2 Å². The summed E-state index contributed by atoms with van der Waals surface area (Å²) >= 11 is 7.93. The van der Waals surface area contributed by atoms with E-state index >= 15 is 0 Å². The monoisotopic (exact) mass is 263 g/mol. The second kappa shape index (κ2) is 3.82. The van der Waals surface area contributed by atoms with Gasteiger partial charge in [-0.05, 0) is 25.3 Å². The summed E-state index contributed by atoms with van der Waals surface area (Å²) in [6.07, 6.45) is 0. The van der Waals surface area contributed by atoms with Gasteiger partial charge in [-0.15, -0.1) is 11.3 Å². The molecule has 3 aromatic heterocycles. The molecule has 0 spiro atoms. The maximum absolute atomic E-state index is 6.27. The first-order chi connectivity index (χ1) is 8.16. The van der Waals surface area contributed by atoms with Gasteiger partial charge < -0.3 is 0 Å². The van der Waals surface area contributed by atoms with Crippen LogP contribution in [0, 0.1) is 13.8 Å². The van der Waals surface area contributed by atoms with E-state index in [1.807, 2.05) is 37.4 Å². The van der Waals surface area contributed by atoms with E-state index in [-0.39, 0.29) is 0 Å². The number of rotatable bonds is 1. The van der Waals surface area contributed by atoms with Gasteiger partial charge in [0.15, 0.2) is 5.65 Å². The van der Waals surface area contributed by atoms with Crippen LogP contribution >= 0.6 is 22.9 Å². The van der Waals surface area contributed by atoms with Crippen LogP contribution in [0.5, 0.6) is 0 Å². The van der Waals surface area contributed by atoms with Gasteiger partial charge in [0.2, 0.25) is 0 Å². The Hall–Kier alpha value is -1.39. The molecular weight excluding hydrogens is 254 g/mol. The lowest BCUT2D eigenvalue weighted by molar-refractivity contribution is 0.920. The summed E-state index contributed by atoms with van der Waals surface area (Å²) in [5, 5.41) is 7.16. The van der Waals surface area contributed by atoms with Crippen LogP contribution in [0.1, 0.15) is 11.3 Å². The van der Waals surface area contributed by atoms with Gasteiger partial charge in [-0.3, -0.25) is 0 Å². The predicted octanol–water partition coefficient (Wildman–Crippen LogP) is 3.73. The van der Waals surface area contributed by atoms with Crippen LogP contribution in [0.3, 0.4) is 0 Å².